The van der Waals surface area contributed by atoms with Gasteiger partial charge >= 0.3 is 0 Å². The largest absolute Gasteiger partial charge is 0.496 e. The molecule has 1 atom stereocenters. The number of rotatable bonds is 5. The number of nitrogens with one attached hydrogen (secondary N) is 2. The Kier molecular flexibility index (Phi) is 5.08. The Morgan fingerprint density at radius 2 is 2.16 bits per heavy atom. The molecule has 0 saturated carbocycles. The zero-order valence-electron chi connectivity index (χ0n) is 12.4. The fourth-order valence-electron chi connectivity index (χ4n) is 2.78. The van der Waals surface area contributed by atoms with Crippen molar-refractivity contribution in [3.63, 3.8) is 0 Å². The van der Waals surface area contributed by atoms with Crippen LogP contribution < -0.4 is 15.4 Å². The minimum atomic E-state index is 0.834. The average molecular weight is 262 g/mol. The maximum atomic E-state index is 5.34. The summed E-state index contributed by atoms with van der Waals surface area (Å²) in [4.78, 5) is 0. The van der Waals surface area contributed by atoms with Crippen LogP contribution in [0.1, 0.15) is 30.4 Å². The summed E-state index contributed by atoms with van der Waals surface area (Å²) < 4.78 is 5.34. The highest BCUT2D eigenvalue weighted by Crippen LogP contribution is 2.26. The lowest BCUT2D eigenvalue weighted by molar-refractivity contribution is 0.364. The van der Waals surface area contributed by atoms with Gasteiger partial charge in [0.15, 0.2) is 0 Å². The SMILES string of the molecule is COc1cc(C)c(NCCC2CCCNC2)cc1C. The second-order valence-corrected chi connectivity index (χ2v) is 5.56. The van der Waals surface area contributed by atoms with Gasteiger partial charge in [-0.1, -0.05) is 0 Å². The van der Waals surface area contributed by atoms with E-state index in [2.05, 4.69) is 36.6 Å². The van der Waals surface area contributed by atoms with E-state index in [1.54, 1.807) is 7.11 Å². The van der Waals surface area contributed by atoms with Crippen LogP contribution in [0.15, 0.2) is 12.1 Å². The predicted octanol–water partition coefficient (Wildman–Crippen LogP) is 3.11. The number of anilines is 1. The molecule has 0 amide bonds. The molecule has 1 aliphatic heterocycles. The first-order valence-corrected chi connectivity index (χ1v) is 7.30. The number of ether oxygens (including phenoxy) is 1. The van der Waals surface area contributed by atoms with Crippen molar-refractivity contribution >= 4 is 5.69 Å². The lowest BCUT2D eigenvalue weighted by Crippen LogP contribution is -2.30. The van der Waals surface area contributed by atoms with E-state index in [0.717, 1.165) is 18.2 Å². The van der Waals surface area contributed by atoms with Crippen molar-refractivity contribution in [3.8, 4) is 5.75 Å². The smallest absolute Gasteiger partial charge is 0.122 e. The quantitative estimate of drug-likeness (QED) is 0.855. The van der Waals surface area contributed by atoms with Crippen LogP contribution in [0.25, 0.3) is 0 Å². The fraction of sp³-hybridized carbons (Fsp3) is 0.625. The maximum Gasteiger partial charge on any atom is 0.122 e. The van der Waals surface area contributed by atoms with Crippen LogP contribution in [0.4, 0.5) is 5.69 Å². The third-order valence-electron chi connectivity index (χ3n) is 4.01. The summed E-state index contributed by atoms with van der Waals surface area (Å²) in [6.07, 6.45) is 3.94. The summed E-state index contributed by atoms with van der Waals surface area (Å²) in [5.41, 5.74) is 3.68. The molecule has 1 saturated heterocycles. The zero-order valence-corrected chi connectivity index (χ0v) is 12.4. The molecule has 1 aliphatic rings. The molecule has 19 heavy (non-hydrogen) atoms. The minimum absolute atomic E-state index is 0.834. The second kappa shape index (κ2) is 6.80. The van der Waals surface area contributed by atoms with Crippen molar-refractivity contribution < 1.29 is 4.74 Å². The molecule has 0 bridgehead atoms. The van der Waals surface area contributed by atoms with Crippen LogP contribution in [-0.4, -0.2) is 26.7 Å². The Balaban J connectivity index is 1.86. The summed E-state index contributed by atoms with van der Waals surface area (Å²) in [6, 6.07) is 4.30. The van der Waals surface area contributed by atoms with Gasteiger partial charge in [0, 0.05) is 12.2 Å². The molecule has 2 N–H and O–H groups in total. The zero-order chi connectivity index (χ0) is 13.7. The first-order chi connectivity index (χ1) is 9.20. The average Bonchev–Trinajstić information content (AvgIpc) is 2.43. The van der Waals surface area contributed by atoms with Crippen LogP contribution in [0.3, 0.4) is 0 Å². The first-order valence-electron chi connectivity index (χ1n) is 7.30. The minimum Gasteiger partial charge on any atom is -0.496 e. The van der Waals surface area contributed by atoms with E-state index in [4.69, 9.17) is 4.74 Å². The van der Waals surface area contributed by atoms with E-state index in [-0.39, 0.29) is 0 Å². The number of piperidine rings is 1. The van der Waals surface area contributed by atoms with E-state index in [9.17, 15) is 0 Å². The third kappa shape index (κ3) is 3.87. The van der Waals surface area contributed by atoms with Crippen LogP contribution in [0.2, 0.25) is 0 Å². The molecule has 0 spiro atoms. The van der Waals surface area contributed by atoms with Gasteiger partial charge in [-0.3, -0.25) is 0 Å². The van der Waals surface area contributed by atoms with Gasteiger partial charge < -0.3 is 15.4 Å². The molecule has 0 aliphatic carbocycles. The molecule has 3 heteroatoms. The van der Waals surface area contributed by atoms with Crippen molar-refractivity contribution in [2.24, 2.45) is 5.92 Å². The second-order valence-electron chi connectivity index (χ2n) is 5.56. The van der Waals surface area contributed by atoms with E-state index in [1.807, 2.05) is 0 Å². The third-order valence-corrected chi connectivity index (χ3v) is 4.01. The van der Waals surface area contributed by atoms with Gasteiger partial charge in [-0.2, -0.15) is 0 Å². The predicted molar refractivity (Wildman–Crippen MR) is 81.2 cm³/mol. The lowest BCUT2D eigenvalue weighted by Gasteiger charge is -2.23. The molecular formula is C16H26N2O. The molecule has 1 heterocycles. The van der Waals surface area contributed by atoms with Gasteiger partial charge in [0.1, 0.15) is 5.75 Å². The molecule has 106 valence electrons. The van der Waals surface area contributed by atoms with Gasteiger partial charge in [-0.05, 0) is 75.4 Å². The highest BCUT2D eigenvalue weighted by molar-refractivity contribution is 5.56. The van der Waals surface area contributed by atoms with Crippen LogP contribution in [-0.2, 0) is 0 Å². The topological polar surface area (TPSA) is 33.3 Å². The summed E-state index contributed by atoms with van der Waals surface area (Å²) in [7, 11) is 1.73. The van der Waals surface area contributed by atoms with Crippen molar-refractivity contribution in [3.05, 3.63) is 23.3 Å². The number of hydrogen-bond acceptors (Lipinski definition) is 3. The van der Waals surface area contributed by atoms with Gasteiger partial charge in [-0.25, -0.2) is 0 Å². The fourth-order valence-corrected chi connectivity index (χ4v) is 2.78. The molecule has 1 unspecified atom stereocenters. The van der Waals surface area contributed by atoms with Crippen molar-refractivity contribution in [1.29, 1.82) is 0 Å². The highest BCUT2D eigenvalue weighted by Gasteiger charge is 2.12. The molecule has 3 nitrogen and oxygen atoms in total. The Bertz CT molecular complexity index is 411. The van der Waals surface area contributed by atoms with Crippen LogP contribution in [0, 0.1) is 19.8 Å². The molecule has 1 fully saturated rings. The van der Waals surface area contributed by atoms with E-state index in [0.29, 0.717) is 0 Å². The van der Waals surface area contributed by atoms with Crippen molar-refractivity contribution in [2.45, 2.75) is 33.1 Å². The Morgan fingerprint density at radius 1 is 1.32 bits per heavy atom. The lowest BCUT2D eigenvalue weighted by atomic mass is 9.96. The van der Waals surface area contributed by atoms with Gasteiger partial charge in [0.05, 0.1) is 7.11 Å². The molecule has 1 aromatic carbocycles. The summed E-state index contributed by atoms with van der Waals surface area (Å²) in [5, 5.41) is 7.04. The van der Waals surface area contributed by atoms with Gasteiger partial charge in [0.25, 0.3) is 0 Å². The normalized spacial score (nSPS) is 19.2. The molecule has 1 aromatic rings. The van der Waals surface area contributed by atoms with Crippen molar-refractivity contribution in [1.82, 2.24) is 5.32 Å². The molecule has 0 aromatic heterocycles. The number of methoxy groups -OCH3 is 1. The molecular weight excluding hydrogens is 236 g/mol. The monoisotopic (exact) mass is 262 g/mol. The van der Waals surface area contributed by atoms with Crippen molar-refractivity contribution in [2.75, 3.05) is 32.1 Å². The van der Waals surface area contributed by atoms with Gasteiger partial charge in [-0.15, -0.1) is 0 Å². The number of hydrogen-bond donors (Lipinski definition) is 2. The Labute approximate surface area is 116 Å². The van der Waals surface area contributed by atoms with E-state index < -0.39 is 0 Å². The summed E-state index contributed by atoms with van der Waals surface area (Å²) >= 11 is 0. The number of aryl methyl sites for hydroxylation is 2. The van der Waals surface area contributed by atoms with E-state index >= 15 is 0 Å². The highest BCUT2D eigenvalue weighted by atomic mass is 16.5. The Hall–Kier alpha value is -1.22. The Morgan fingerprint density at radius 3 is 2.84 bits per heavy atom. The summed E-state index contributed by atoms with van der Waals surface area (Å²) in [6.45, 7) is 7.66. The summed E-state index contributed by atoms with van der Waals surface area (Å²) in [5.74, 6) is 1.81. The van der Waals surface area contributed by atoms with Gasteiger partial charge in [0.2, 0.25) is 0 Å². The standard InChI is InChI=1S/C16H26N2O/c1-12-10-16(19-3)13(2)9-15(12)18-8-6-14-5-4-7-17-11-14/h9-10,14,17-18H,4-8,11H2,1-3H3. The first kappa shape index (κ1) is 14.2. The molecule has 0 radical (unpaired) electrons. The maximum absolute atomic E-state index is 5.34. The van der Waals surface area contributed by atoms with Crippen LogP contribution >= 0.6 is 0 Å². The molecule has 2 rings (SSSR count). The van der Waals surface area contributed by atoms with E-state index in [1.165, 1.54) is 49.2 Å². The number of benzene rings is 1. The van der Waals surface area contributed by atoms with Crippen LogP contribution in [0.5, 0.6) is 5.75 Å².